The molecule has 0 aliphatic carbocycles. The van der Waals surface area contributed by atoms with E-state index in [1.165, 1.54) is 6.07 Å². The molecule has 126 valence electrons. The van der Waals surface area contributed by atoms with E-state index in [4.69, 9.17) is 16.9 Å². The van der Waals surface area contributed by atoms with Gasteiger partial charge in [-0.25, -0.2) is 0 Å². The summed E-state index contributed by atoms with van der Waals surface area (Å²) >= 11 is 6.05. The van der Waals surface area contributed by atoms with E-state index in [1.54, 1.807) is 18.2 Å². The highest BCUT2D eigenvalue weighted by Crippen LogP contribution is 2.34. The van der Waals surface area contributed by atoms with Gasteiger partial charge in [-0.15, -0.1) is 0 Å². The van der Waals surface area contributed by atoms with Crippen molar-refractivity contribution in [3.8, 4) is 11.8 Å². The van der Waals surface area contributed by atoms with Crippen LogP contribution < -0.4 is 0 Å². The summed E-state index contributed by atoms with van der Waals surface area (Å²) in [5.41, 5.74) is 3.79. The Labute approximate surface area is 149 Å². The van der Waals surface area contributed by atoms with Crippen LogP contribution in [0.4, 0.5) is 0 Å². The molecule has 3 aromatic rings. The first-order chi connectivity index (χ1) is 11.9. The summed E-state index contributed by atoms with van der Waals surface area (Å²) in [5.74, 6) is -1.01. The summed E-state index contributed by atoms with van der Waals surface area (Å²) in [5, 5.41) is 28.9. The minimum Gasteiger partial charge on any atom is -0.506 e. The standard InChI is InChI=1S/C19H15ClN2O3/c1-11-14(7-19(24)25)15-6-18(23)16(20)8-17(15)22(11)10-13-4-2-12(9-21)3-5-13/h2-6,8,23H,7,10H2,1H3,(H,24,25). The van der Waals surface area contributed by atoms with Gasteiger partial charge in [-0.05, 0) is 42.3 Å². The molecular formula is C19H15ClN2O3. The van der Waals surface area contributed by atoms with Gasteiger partial charge in [-0.3, -0.25) is 4.79 Å². The number of nitriles is 1. The fourth-order valence-electron chi connectivity index (χ4n) is 3.00. The van der Waals surface area contributed by atoms with E-state index >= 15 is 0 Å². The number of rotatable bonds is 4. The fourth-order valence-corrected chi connectivity index (χ4v) is 3.16. The predicted octanol–water partition coefficient (Wildman–Crippen LogP) is 3.86. The number of carboxylic acid groups (broad SMARTS) is 1. The largest absolute Gasteiger partial charge is 0.506 e. The van der Waals surface area contributed by atoms with E-state index < -0.39 is 5.97 Å². The second-order valence-corrected chi connectivity index (χ2v) is 6.26. The number of halogens is 1. The van der Waals surface area contributed by atoms with Gasteiger partial charge in [0.15, 0.2) is 0 Å². The van der Waals surface area contributed by atoms with Crippen molar-refractivity contribution in [1.29, 1.82) is 5.26 Å². The lowest BCUT2D eigenvalue weighted by atomic mass is 10.1. The van der Waals surface area contributed by atoms with Crippen LogP contribution in [0.25, 0.3) is 10.9 Å². The normalized spacial score (nSPS) is 10.8. The zero-order valence-electron chi connectivity index (χ0n) is 13.5. The Morgan fingerprint density at radius 2 is 1.96 bits per heavy atom. The Morgan fingerprint density at radius 1 is 1.28 bits per heavy atom. The molecule has 0 aliphatic heterocycles. The fraction of sp³-hybridized carbons (Fsp3) is 0.158. The maximum absolute atomic E-state index is 11.2. The highest BCUT2D eigenvalue weighted by atomic mass is 35.5. The molecule has 6 heteroatoms. The molecule has 5 nitrogen and oxygen atoms in total. The molecule has 2 aromatic carbocycles. The lowest BCUT2D eigenvalue weighted by molar-refractivity contribution is -0.136. The molecule has 2 N–H and O–H groups in total. The molecule has 0 spiro atoms. The topological polar surface area (TPSA) is 86.2 Å². The third-order valence-electron chi connectivity index (χ3n) is 4.27. The summed E-state index contributed by atoms with van der Waals surface area (Å²) in [6.45, 7) is 2.36. The van der Waals surface area contributed by atoms with E-state index in [9.17, 15) is 15.0 Å². The number of carboxylic acids is 1. The number of phenols is 1. The Morgan fingerprint density at radius 3 is 2.56 bits per heavy atom. The molecule has 0 fully saturated rings. The third-order valence-corrected chi connectivity index (χ3v) is 4.58. The molecule has 0 radical (unpaired) electrons. The molecule has 0 saturated carbocycles. The summed E-state index contributed by atoms with van der Waals surface area (Å²) in [7, 11) is 0. The van der Waals surface area contributed by atoms with E-state index in [1.807, 2.05) is 23.6 Å². The molecule has 3 rings (SSSR count). The molecule has 0 aliphatic rings. The first-order valence-electron chi connectivity index (χ1n) is 7.61. The van der Waals surface area contributed by atoms with Gasteiger partial charge >= 0.3 is 5.97 Å². The van der Waals surface area contributed by atoms with Crippen LogP contribution in [-0.2, 0) is 17.8 Å². The van der Waals surface area contributed by atoms with Gasteiger partial charge in [0.05, 0.1) is 28.6 Å². The Hall–Kier alpha value is -2.97. The van der Waals surface area contributed by atoms with Crippen molar-refractivity contribution in [3.05, 3.63) is 63.8 Å². The summed E-state index contributed by atoms with van der Waals surface area (Å²) in [4.78, 5) is 11.2. The van der Waals surface area contributed by atoms with Crippen molar-refractivity contribution >= 4 is 28.5 Å². The van der Waals surface area contributed by atoms with Crippen molar-refractivity contribution in [2.24, 2.45) is 0 Å². The number of hydrogen-bond donors (Lipinski definition) is 2. The quantitative estimate of drug-likeness (QED) is 0.745. The molecule has 25 heavy (non-hydrogen) atoms. The van der Waals surface area contributed by atoms with Gasteiger partial charge in [0.2, 0.25) is 0 Å². The van der Waals surface area contributed by atoms with E-state index in [0.717, 1.165) is 16.8 Å². The minimum atomic E-state index is -0.935. The van der Waals surface area contributed by atoms with Crippen molar-refractivity contribution in [1.82, 2.24) is 4.57 Å². The van der Waals surface area contributed by atoms with E-state index in [2.05, 4.69) is 6.07 Å². The number of phenolic OH excluding ortho intramolecular Hbond substituents is 1. The molecule has 0 saturated heterocycles. The second kappa shape index (κ2) is 6.50. The van der Waals surface area contributed by atoms with Crippen LogP contribution in [-0.4, -0.2) is 20.7 Å². The molecule has 0 amide bonds. The summed E-state index contributed by atoms with van der Waals surface area (Å²) in [6, 6.07) is 12.5. The number of aromatic hydroxyl groups is 1. The number of hydrogen-bond acceptors (Lipinski definition) is 3. The molecule has 0 bridgehead atoms. The Kier molecular flexibility index (Phi) is 4.39. The van der Waals surface area contributed by atoms with Crippen LogP contribution in [0.15, 0.2) is 36.4 Å². The van der Waals surface area contributed by atoms with E-state index in [-0.39, 0.29) is 17.2 Å². The maximum Gasteiger partial charge on any atom is 0.307 e. The zero-order valence-corrected chi connectivity index (χ0v) is 14.2. The molecule has 1 heterocycles. The molecule has 1 aromatic heterocycles. The van der Waals surface area contributed by atoms with Crippen LogP contribution in [0.2, 0.25) is 5.02 Å². The van der Waals surface area contributed by atoms with Crippen LogP contribution in [0.3, 0.4) is 0 Å². The average molecular weight is 355 g/mol. The highest BCUT2D eigenvalue weighted by molar-refractivity contribution is 6.32. The molecule has 0 unspecified atom stereocenters. The molecular weight excluding hydrogens is 340 g/mol. The van der Waals surface area contributed by atoms with E-state index in [0.29, 0.717) is 23.1 Å². The second-order valence-electron chi connectivity index (χ2n) is 5.85. The van der Waals surface area contributed by atoms with Gasteiger partial charge in [0.25, 0.3) is 0 Å². The zero-order chi connectivity index (χ0) is 18.1. The summed E-state index contributed by atoms with van der Waals surface area (Å²) in [6.07, 6.45) is -0.135. The lowest BCUT2D eigenvalue weighted by Gasteiger charge is -2.09. The van der Waals surface area contributed by atoms with Crippen molar-refractivity contribution in [3.63, 3.8) is 0 Å². The van der Waals surface area contributed by atoms with Gasteiger partial charge < -0.3 is 14.8 Å². The first kappa shape index (κ1) is 16.9. The monoisotopic (exact) mass is 354 g/mol. The first-order valence-corrected chi connectivity index (χ1v) is 7.99. The van der Waals surface area contributed by atoms with Crippen LogP contribution in [0.5, 0.6) is 5.75 Å². The Balaban J connectivity index is 2.15. The van der Waals surface area contributed by atoms with Gasteiger partial charge in [0, 0.05) is 17.6 Å². The smallest absolute Gasteiger partial charge is 0.307 e. The lowest BCUT2D eigenvalue weighted by Crippen LogP contribution is -2.05. The molecule has 0 atom stereocenters. The minimum absolute atomic E-state index is 0.0728. The van der Waals surface area contributed by atoms with Crippen LogP contribution in [0, 0.1) is 18.3 Å². The van der Waals surface area contributed by atoms with Gasteiger partial charge in [0.1, 0.15) is 5.75 Å². The van der Waals surface area contributed by atoms with Crippen molar-refractivity contribution in [2.75, 3.05) is 0 Å². The average Bonchev–Trinajstić information content (AvgIpc) is 2.81. The predicted molar refractivity (Wildman–Crippen MR) is 94.9 cm³/mol. The Bertz CT molecular complexity index is 1010. The van der Waals surface area contributed by atoms with Gasteiger partial charge in [-0.1, -0.05) is 23.7 Å². The van der Waals surface area contributed by atoms with Crippen LogP contribution in [0.1, 0.15) is 22.4 Å². The number of aliphatic carboxylic acids is 1. The van der Waals surface area contributed by atoms with Crippen molar-refractivity contribution < 1.29 is 15.0 Å². The third kappa shape index (κ3) is 3.17. The van der Waals surface area contributed by atoms with Crippen molar-refractivity contribution in [2.45, 2.75) is 19.9 Å². The SMILES string of the molecule is Cc1c(CC(=O)O)c2cc(O)c(Cl)cc2n1Cc1ccc(C#N)cc1. The number of benzene rings is 2. The number of nitrogens with zero attached hydrogens (tertiary/aromatic N) is 2. The number of carbonyl (C=O) groups is 1. The highest BCUT2D eigenvalue weighted by Gasteiger charge is 2.18. The van der Waals surface area contributed by atoms with Gasteiger partial charge in [-0.2, -0.15) is 5.26 Å². The number of fused-ring (bicyclic) bond motifs is 1. The number of aromatic nitrogens is 1. The maximum atomic E-state index is 11.2. The summed E-state index contributed by atoms with van der Waals surface area (Å²) < 4.78 is 1.97. The van der Waals surface area contributed by atoms with Crippen LogP contribution >= 0.6 is 11.6 Å².